The number of phosphoric ester groups is 1. The quantitative estimate of drug-likeness (QED) is 0.0781. The number of fused-ring (bicyclic) bond motifs is 18. The zero-order valence-electron chi connectivity index (χ0n) is 69.0. The maximum atomic E-state index is 13.5. The van der Waals surface area contributed by atoms with Crippen molar-refractivity contribution in [2.45, 2.75) is 161 Å². The summed E-state index contributed by atoms with van der Waals surface area (Å²) in [5, 5.41) is 66.9. The second-order valence-electron chi connectivity index (χ2n) is 31.8. The summed E-state index contributed by atoms with van der Waals surface area (Å²) in [6.07, 6.45) is -24.3. The molecule has 9 aliphatic rings. The Balaban J connectivity index is 0.000000130. The molecular weight excluding hydrogens is 1930 g/mol. The van der Waals surface area contributed by atoms with Crippen LogP contribution in [0.25, 0.3) is 67.0 Å². The zero-order chi connectivity index (χ0) is 95.4. The monoisotopic (exact) mass is 2010 g/mol. The third-order valence-corrected chi connectivity index (χ3v) is 28.9. The first kappa shape index (κ1) is 94.5. The summed E-state index contributed by atoms with van der Waals surface area (Å²) in [5.74, 6) is -4.14. The van der Waals surface area contributed by atoms with Gasteiger partial charge in [-0.25, -0.2) is 79.3 Å². The third-order valence-electron chi connectivity index (χ3n) is 22.7. The summed E-state index contributed by atoms with van der Waals surface area (Å²) in [7, 11) is -28.8. The average molecular weight is 2010 g/mol. The van der Waals surface area contributed by atoms with Crippen molar-refractivity contribution in [1.29, 1.82) is 0 Å². The van der Waals surface area contributed by atoms with Crippen molar-refractivity contribution in [3.05, 3.63) is 93.7 Å². The molecule has 12 aromatic heterocycles. The molecule has 9 saturated heterocycles. The number of anilines is 6. The largest absolute Gasteiger partial charge is 0.472 e. The Labute approximate surface area is 751 Å². The number of aliphatic hydroxyl groups excluding tert-OH is 6. The fourth-order valence-corrected chi connectivity index (χ4v) is 22.3. The first-order valence-electron chi connectivity index (χ1n) is 39.8. The van der Waals surface area contributed by atoms with Crippen LogP contribution in [0.2, 0.25) is 0 Å². The molecule has 726 valence electrons. The van der Waals surface area contributed by atoms with Crippen LogP contribution in [0.1, 0.15) is 51.2 Å². The lowest BCUT2D eigenvalue weighted by atomic mass is 10.1. The predicted molar refractivity (Wildman–Crippen MR) is 443 cm³/mol. The highest BCUT2D eigenvalue weighted by Crippen LogP contribution is 2.60. The SMILES string of the molecule is C[C@@]12OCP(=O)(O)O[C@H]3C(O)[C@@](C)(OCP(=O)(O)O[C@@H](C1O)[C@H](n1cnc4c(N)ccnc41)O2)O[C@H]3n1cnc2c(N)ncnc21.Nc1ccnc2c1ncn2[C@@H]1O[C@@H]2COP(=O)(O)O[C@H]3C(O)[C@@H](COCP(=O)(O)O[C@H]1C2O)O[C@H]3n1cnc2c(N)ncnc21.Nc1ccnc2c1ncn2[C@@H]1O[C@@H]2OCP(=O)(O)O[C@H]3C(O)[C@@H](OCP(=O)(O)O[C@H]1C2O)O[C@H]3n1cnc2c(N)ncnc21. The van der Waals surface area contributed by atoms with Crippen LogP contribution < -0.4 is 34.4 Å². The van der Waals surface area contributed by atoms with Gasteiger partial charge in [-0.1, -0.05) is 0 Å². The molecule has 69 heteroatoms. The molecule has 9 fully saturated rings. The van der Waals surface area contributed by atoms with Crippen molar-refractivity contribution in [2.24, 2.45) is 0 Å². The summed E-state index contributed by atoms with van der Waals surface area (Å²) in [4.78, 5) is 126. The Kier molecular flexibility index (Phi) is 24.8. The van der Waals surface area contributed by atoms with E-state index in [-0.39, 0.29) is 90.3 Å². The van der Waals surface area contributed by atoms with E-state index >= 15 is 0 Å². The standard InChI is InChI=1S/C23H29N9O12P2.C22H27N9O12P2.C21H25N9O12P2/c1-22-15(33)13(20(41-22)31-6-29-11-10(24)3-4-26-18(11)31)43-45(35,36)9-40-23(2)16(34)14(44-46(37,38)8-39-22)21(42-23)32-7-30-12-17(25)27-5-28-19(12)32;23-9-1-2-25-19-12(9)28-6-30(19)21-16-15(33)11(41-21)4-39-45(36,37)43-17-14(32)10(3-38-8-44(34,35)42-16)40-22(17)31-7-29-13-18(24)26-5-27-20(13)31;22-8-1-2-24-16-9(8)27-4-29(16)18-13-11(31)20(39-18)37-6-44(35,36)42-14-12(32)21(38-7-43(33,34)41-13)40-19(14)30-5-28-10-15(23)25-3-26-17(10)30/h3-7,13-16,20-21,33-34H,8-9H2,1-2H3,(H2,24,26)(H,35,36)(H,37,38)(H2,25,27,28);1-2,5-7,10-11,14-17,21-22,32-33H,3-4,8H2,(H2,23,25)(H,34,35)(H,36,37)(H2,24,26,27);1-5,11-14,18-21,31-32H,6-7H2,(H2,22,24)(H,33,34)(H,35,36)(H2,23,25,26)/t13-,14-,15?,16?,20+,21+,22-,23-;10-,11-,14?,15?,16+,17+,21-,22-;11?,12?,13-,14-,18+,19+,20-,21-/m010/s1. The number of hydrogen-bond acceptors (Lipinski definition) is 51. The second-order valence-corrected chi connectivity index (χ2v) is 41.9. The molecule has 21 heterocycles. The molecule has 0 saturated carbocycles. The van der Waals surface area contributed by atoms with E-state index in [1.54, 1.807) is 0 Å². The molecule has 12 bridgehead atoms. The molecule has 0 aromatic carbocycles. The summed E-state index contributed by atoms with van der Waals surface area (Å²) < 4.78 is 189. The molecule has 12 aromatic rings. The second kappa shape index (κ2) is 35.4. The van der Waals surface area contributed by atoms with Gasteiger partial charge < -0.3 is 147 Å². The Morgan fingerprint density at radius 1 is 0.341 bits per heavy atom. The zero-order valence-corrected chi connectivity index (χ0v) is 74.4. The molecule has 12 unspecified atom stereocenters. The number of aliphatic hydroxyl groups is 6. The van der Waals surface area contributed by atoms with E-state index in [1.165, 1.54) is 122 Å². The highest BCUT2D eigenvalue weighted by molar-refractivity contribution is 7.53. The van der Waals surface area contributed by atoms with Gasteiger partial charge in [0.25, 0.3) is 0 Å². The van der Waals surface area contributed by atoms with Crippen LogP contribution in [-0.4, -0.2) is 317 Å². The highest BCUT2D eigenvalue weighted by atomic mass is 31.2. The lowest BCUT2D eigenvalue weighted by Crippen LogP contribution is -2.45. The van der Waals surface area contributed by atoms with Gasteiger partial charge in [0, 0.05) is 18.6 Å². The Morgan fingerprint density at radius 3 is 1.01 bits per heavy atom. The first-order valence-corrected chi connectivity index (χ1v) is 50.1. The molecular formula is C66H81N27O36P6. The Hall–Kier alpha value is -9.51. The normalized spacial score (nSPS) is 38.9. The summed E-state index contributed by atoms with van der Waals surface area (Å²) >= 11 is 0. The van der Waals surface area contributed by atoms with E-state index < -0.39 is 238 Å². The van der Waals surface area contributed by atoms with Gasteiger partial charge in [-0.2, -0.15) is 0 Å². The van der Waals surface area contributed by atoms with Crippen LogP contribution in [0.3, 0.4) is 0 Å². The van der Waals surface area contributed by atoms with E-state index in [4.69, 9.17) is 118 Å². The minimum Gasteiger partial charge on any atom is -0.397 e. The minimum absolute atomic E-state index is 0.0277. The fourth-order valence-electron chi connectivity index (χ4n) is 16.2. The molecule has 0 radical (unpaired) electrons. The minimum atomic E-state index is -5.03. The van der Waals surface area contributed by atoms with Gasteiger partial charge >= 0.3 is 45.8 Å². The number of nitrogen functional groups attached to an aromatic ring is 6. The van der Waals surface area contributed by atoms with Gasteiger partial charge in [0.15, 0.2) is 138 Å². The number of nitrogens with two attached hydrogens (primary N) is 6. The summed E-state index contributed by atoms with van der Waals surface area (Å²) in [6.45, 7) is 1.21. The van der Waals surface area contributed by atoms with E-state index in [9.17, 15) is 87.4 Å². The number of ether oxygens (including phenoxy) is 11. The van der Waals surface area contributed by atoms with E-state index in [0.29, 0.717) is 11.2 Å². The van der Waals surface area contributed by atoms with Gasteiger partial charge in [0.2, 0.25) is 0 Å². The predicted octanol–water partition coefficient (Wildman–Crippen LogP) is -2.27. The van der Waals surface area contributed by atoms with Crippen LogP contribution in [0.5, 0.6) is 0 Å². The maximum Gasteiger partial charge on any atom is 0.472 e. The number of imidazole rings is 6. The van der Waals surface area contributed by atoms with Gasteiger partial charge in [-0.15, -0.1) is 0 Å². The van der Waals surface area contributed by atoms with Crippen molar-refractivity contribution in [3.8, 4) is 0 Å². The van der Waals surface area contributed by atoms with Crippen molar-refractivity contribution in [2.75, 3.05) is 79.4 Å². The molecule has 24 N–H and O–H groups in total. The lowest BCUT2D eigenvalue weighted by molar-refractivity contribution is -0.248. The Bertz CT molecular complexity index is 6580. The molecule has 21 rings (SSSR count). The van der Waals surface area contributed by atoms with Crippen LogP contribution in [0, 0.1) is 0 Å². The van der Waals surface area contributed by atoms with Gasteiger partial charge in [0.1, 0.15) is 144 Å². The Morgan fingerprint density at radius 2 is 0.637 bits per heavy atom. The molecule has 0 aliphatic carbocycles. The van der Waals surface area contributed by atoms with E-state index in [1.807, 2.05) is 0 Å². The number of phosphoric acid groups is 1. The van der Waals surface area contributed by atoms with E-state index in [2.05, 4.69) is 74.8 Å². The summed E-state index contributed by atoms with van der Waals surface area (Å²) in [6, 6.07) is 4.54. The smallest absolute Gasteiger partial charge is 0.397 e. The molecule has 30 atom stereocenters. The molecule has 63 nitrogen and oxygen atoms in total. The molecule has 0 spiro atoms. The number of hydrogen-bond donors (Lipinski definition) is 18. The van der Waals surface area contributed by atoms with Crippen LogP contribution in [0.4, 0.5) is 34.5 Å². The van der Waals surface area contributed by atoms with E-state index in [0.717, 1.165) is 12.7 Å². The number of nitrogens with zero attached hydrogens (tertiary/aromatic N) is 21. The van der Waals surface area contributed by atoms with Crippen molar-refractivity contribution in [1.82, 2.24) is 102 Å². The maximum absolute atomic E-state index is 13.5. The average Bonchev–Trinajstić information content (AvgIpc) is 1.59. The number of rotatable bonds is 6. The van der Waals surface area contributed by atoms with Gasteiger partial charge in [-0.05, 0) is 32.0 Å². The van der Waals surface area contributed by atoms with Gasteiger partial charge in [-0.3, -0.25) is 81.9 Å². The molecule has 135 heavy (non-hydrogen) atoms. The highest BCUT2D eigenvalue weighted by Gasteiger charge is 2.63. The van der Waals surface area contributed by atoms with Gasteiger partial charge in [0.05, 0.1) is 68.2 Å². The van der Waals surface area contributed by atoms with Crippen LogP contribution in [-0.2, 0) is 111 Å². The van der Waals surface area contributed by atoms with Crippen molar-refractivity contribution in [3.63, 3.8) is 0 Å². The lowest BCUT2D eigenvalue weighted by Gasteiger charge is -2.32. The first-order chi connectivity index (χ1) is 64.0. The number of pyridine rings is 3. The summed E-state index contributed by atoms with van der Waals surface area (Å²) in [5.41, 5.74) is 38.8. The fraction of sp³-hybridized carbons (Fsp3) is 0.500. The van der Waals surface area contributed by atoms with Crippen LogP contribution in [0.15, 0.2) is 93.7 Å². The van der Waals surface area contributed by atoms with Crippen molar-refractivity contribution >= 4 is 147 Å². The van der Waals surface area contributed by atoms with Crippen LogP contribution >= 0.6 is 45.8 Å². The molecule has 0 amide bonds. The molecule has 9 aliphatic heterocycles. The number of aromatic nitrogens is 21. The van der Waals surface area contributed by atoms with Crippen molar-refractivity contribution < 1.29 is 171 Å². The third kappa shape index (κ3) is 17.8. The topological polar surface area (TPSA) is 890 Å².